The zero-order chi connectivity index (χ0) is 24.8. The second kappa shape index (κ2) is 11.3. The van der Waals surface area contributed by atoms with E-state index in [4.69, 9.17) is 4.74 Å². The standard InChI is InChI=1S/C28H38N4O3/c1-4-28(30(2)3,26(33)23-9-11-25(12-10-23)31-17-19-35-20-18-31)21-22-5-7-24(8-6-22)27(34)32-15-13-29-14-16-32/h5-12,29H,4,13-21H2,1-3H3. The highest BCUT2D eigenvalue weighted by Crippen LogP contribution is 2.29. The molecule has 2 heterocycles. The van der Waals surface area contributed by atoms with Crippen molar-refractivity contribution in [3.63, 3.8) is 0 Å². The Kier molecular flexibility index (Phi) is 8.21. The number of hydrogen-bond donors (Lipinski definition) is 1. The summed E-state index contributed by atoms with van der Waals surface area (Å²) in [6, 6.07) is 15.8. The summed E-state index contributed by atoms with van der Waals surface area (Å²) in [6.07, 6.45) is 1.27. The maximum Gasteiger partial charge on any atom is 0.253 e. The van der Waals surface area contributed by atoms with Crippen molar-refractivity contribution in [2.75, 3.05) is 71.5 Å². The fraction of sp³-hybridized carbons (Fsp3) is 0.500. The molecule has 0 bridgehead atoms. The minimum Gasteiger partial charge on any atom is -0.378 e. The van der Waals surface area contributed by atoms with E-state index in [0.29, 0.717) is 18.4 Å². The first-order valence-electron chi connectivity index (χ1n) is 12.7. The zero-order valence-electron chi connectivity index (χ0n) is 21.3. The van der Waals surface area contributed by atoms with Crippen molar-refractivity contribution >= 4 is 17.4 Å². The van der Waals surface area contributed by atoms with Gasteiger partial charge in [-0.3, -0.25) is 14.5 Å². The lowest BCUT2D eigenvalue weighted by molar-refractivity contribution is 0.0665. The van der Waals surface area contributed by atoms with E-state index in [0.717, 1.165) is 69.3 Å². The van der Waals surface area contributed by atoms with Gasteiger partial charge in [-0.05, 0) is 68.9 Å². The van der Waals surface area contributed by atoms with E-state index in [9.17, 15) is 9.59 Å². The van der Waals surface area contributed by atoms with E-state index in [-0.39, 0.29) is 11.7 Å². The number of ketones is 1. The van der Waals surface area contributed by atoms with Gasteiger partial charge in [0.2, 0.25) is 0 Å². The Morgan fingerprint density at radius 1 is 0.914 bits per heavy atom. The Bertz CT molecular complexity index is 994. The number of piperazine rings is 1. The molecule has 7 nitrogen and oxygen atoms in total. The van der Waals surface area contributed by atoms with Crippen molar-refractivity contribution in [3.05, 3.63) is 65.2 Å². The van der Waals surface area contributed by atoms with Gasteiger partial charge < -0.3 is 19.9 Å². The summed E-state index contributed by atoms with van der Waals surface area (Å²) in [4.78, 5) is 32.9. The molecule has 0 aromatic heterocycles. The van der Waals surface area contributed by atoms with Gasteiger partial charge in [-0.1, -0.05) is 19.1 Å². The molecular weight excluding hydrogens is 440 g/mol. The van der Waals surface area contributed by atoms with Crippen molar-refractivity contribution in [2.45, 2.75) is 25.3 Å². The molecule has 1 unspecified atom stereocenters. The molecule has 2 aromatic carbocycles. The maximum absolute atomic E-state index is 13.9. The van der Waals surface area contributed by atoms with Crippen molar-refractivity contribution < 1.29 is 14.3 Å². The highest BCUT2D eigenvalue weighted by atomic mass is 16.5. The van der Waals surface area contributed by atoms with Crippen LogP contribution >= 0.6 is 0 Å². The molecule has 1 atom stereocenters. The monoisotopic (exact) mass is 478 g/mol. The van der Waals surface area contributed by atoms with Crippen LogP contribution < -0.4 is 10.2 Å². The first-order valence-corrected chi connectivity index (χ1v) is 12.7. The molecular formula is C28H38N4O3. The number of rotatable bonds is 8. The van der Waals surface area contributed by atoms with Crippen molar-refractivity contribution in [3.8, 4) is 0 Å². The number of ether oxygens (including phenoxy) is 1. The molecule has 188 valence electrons. The Balaban J connectivity index is 1.50. The van der Waals surface area contributed by atoms with E-state index in [1.165, 1.54) is 0 Å². The molecule has 2 aliphatic heterocycles. The molecule has 0 aliphatic carbocycles. The van der Waals surface area contributed by atoms with Gasteiger partial charge in [0.25, 0.3) is 5.91 Å². The SMILES string of the molecule is CCC(Cc1ccc(C(=O)N2CCNCC2)cc1)(C(=O)c1ccc(N2CCOCC2)cc1)N(C)C. The lowest BCUT2D eigenvalue weighted by Crippen LogP contribution is -2.52. The molecule has 1 amide bonds. The predicted molar refractivity (Wildman–Crippen MR) is 139 cm³/mol. The molecule has 2 aliphatic rings. The van der Waals surface area contributed by atoms with Gasteiger partial charge in [0.15, 0.2) is 5.78 Å². The Labute approximate surface area is 209 Å². The van der Waals surface area contributed by atoms with Gasteiger partial charge in [-0.2, -0.15) is 0 Å². The number of morpholine rings is 1. The molecule has 4 rings (SSSR count). The van der Waals surface area contributed by atoms with Gasteiger partial charge in [0.05, 0.1) is 18.8 Å². The Hall–Kier alpha value is -2.74. The first-order chi connectivity index (χ1) is 16.9. The van der Waals surface area contributed by atoms with Gasteiger partial charge in [0.1, 0.15) is 0 Å². The van der Waals surface area contributed by atoms with Gasteiger partial charge >= 0.3 is 0 Å². The number of carbonyl (C=O) groups is 2. The summed E-state index contributed by atoms with van der Waals surface area (Å²) in [5.74, 6) is 0.198. The Morgan fingerprint density at radius 2 is 1.51 bits per heavy atom. The molecule has 35 heavy (non-hydrogen) atoms. The smallest absolute Gasteiger partial charge is 0.253 e. The summed E-state index contributed by atoms with van der Waals surface area (Å²) in [5, 5.41) is 3.28. The predicted octanol–water partition coefficient (Wildman–Crippen LogP) is 2.70. The van der Waals surface area contributed by atoms with Gasteiger partial charge in [-0.15, -0.1) is 0 Å². The van der Waals surface area contributed by atoms with Gasteiger partial charge in [0, 0.05) is 56.1 Å². The van der Waals surface area contributed by atoms with Crippen molar-refractivity contribution in [2.24, 2.45) is 0 Å². The fourth-order valence-electron chi connectivity index (χ4n) is 5.11. The third kappa shape index (κ3) is 5.58. The largest absolute Gasteiger partial charge is 0.378 e. The Morgan fingerprint density at radius 3 is 2.09 bits per heavy atom. The number of Topliss-reactive ketones (excluding diaryl/α,β-unsaturated/α-hetero) is 1. The highest BCUT2D eigenvalue weighted by molar-refractivity contribution is 6.03. The molecule has 0 saturated carbocycles. The molecule has 2 aromatic rings. The normalized spacial score (nSPS) is 18.4. The lowest BCUT2D eigenvalue weighted by atomic mass is 9.80. The number of nitrogens with zero attached hydrogens (tertiary/aromatic N) is 3. The van der Waals surface area contributed by atoms with Crippen LogP contribution in [0.1, 0.15) is 39.6 Å². The number of carbonyl (C=O) groups excluding carboxylic acids is 2. The topological polar surface area (TPSA) is 65.1 Å². The summed E-state index contributed by atoms with van der Waals surface area (Å²) in [5.41, 5.74) is 2.94. The van der Waals surface area contributed by atoms with Crippen LogP contribution in [0.5, 0.6) is 0 Å². The highest BCUT2D eigenvalue weighted by Gasteiger charge is 2.39. The second-order valence-corrected chi connectivity index (χ2v) is 9.67. The third-order valence-corrected chi connectivity index (χ3v) is 7.47. The van der Waals surface area contributed by atoms with E-state index >= 15 is 0 Å². The number of anilines is 1. The number of likely N-dealkylation sites (N-methyl/N-ethyl adjacent to an activating group) is 1. The van der Waals surface area contributed by atoms with E-state index in [2.05, 4.69) is 17.1 Å². The number of benzene rings is 2. The third-order valence-electron chi connectivity index (χ3n) is 7.47. The van der Waals surface area contributed by atoms with Gasteiger partial charge in [-0.25, -0.2) is 0 Å². The molecule has 0 radical (unpaired) electrons. The summed E-state index contributed by atoms with van der Waals surface area (Å²) >= 11 is 0. The minimum absolute atomic E-state index is 0.0730. The van der Waals surface area contributed by atoms with Crippen molar-refractivity contribution in [1.29, 1.82) is 0 Å². The van der Waals surface area contributed by atoms with Crippen LogP contribution in [0.3, 0.4) is 0 Å². The average Bonchev–Trinajstić information content (AvgIpc) is 2.92. The number of hydrogen-bond acceptors (Lipinski definition) is 6. The van der Waals surface area contributed by atoms with Crippen LogP contribution in [0, 0.1) is 0 Å². The van der Waals surface area contributed by atoms with Crippen LogP contribution in [-0.2, 0) is 11.2 Å². The summed E-state index contributed by atoms with van der Waals surface area (Å²) in [6.45, 7) is 8.43. The number of nitrogens with one attached hydrogen (secondary N) is 1. The first kappa shape index (κ1) is 25.4. The lowest BCUT2D eigenvalue weighted by Gasteiger charge is -2.38. The molecule has 2 saturated heterocycles. The summed E-state index contributed by atoms with van der Waals surface area (Å²) < 4.78 is 5.45. The van der Waals surface area contributed by atoms with E-state index in [1.807, 2.05) is 72.4 Å². The van der Waals surface area contributed by atoms with Crippen LogP contribution in [0.25, 0.3) is 0 Å². The van der Waals surface area contributed by atoms with Crippen LogP contribution in [0.2, 0.25) is 0 Å². The second-order valence-electron chi connectivity index (χ2n) is 9.67. The molecule has 1 N–H and O–H groups in total. The van der Waals surface area contributed by atoms with Crippen LogP contribution in [-0.4, -0.2) is 93.6 Å². The quantitative estimate of drug-likeness (QED) is 0.589. The average molecular weight is 479 g/mol. The van der Waals surface area contributed by atoms with Crippen LogP contribution in [0.15, 0.2) is 48.5 Å². The van der Waals surface area contributed by atoms with E-state index < -0.39 is 5.54 Å². The number of amides is 1. The zero-order valence-corrected chi connectivity index (χ0v) is 21.3. The molecule has 0 spiro atoms. The fourth-order valence-corrected chi connectivity index (χ4v) is 5.11. The minimum atomic E-state index is -0.662. The van der Waals surface area contributed by atoms with Crippen molar-refractivity contribution in [1.82, 2.24) is 15.1 Å². The summed E-state index contributed by atoms with van der Waals surface area (Å²) in [7, 11) is 3.96. The maximum atomic E-state index is 13.9. The molecule has 7 heteroatoms. The van der Waals surface area contributed by atoms with E-state index in [1.54, 1.807) is 0 Å². The van der Waals surface area contributed by atoms with Crippen LogP contribution in [0.4, 0.5) is 5.69 Å². The molecule has 2 fully saturated rings.